The molecule has 2 aliphatic heterocycles. The number of ether oxygens (including phenoxy) is 1. The van der Waals surface area contributed by atoms with Crippen LogP contribution in [0.2, 0.25) is 0 Å². The molecule has 2 aliphatic rings. The summed E-state index contributed by atoms with van der Waals surface area (Å²) in [7, 11) is 0. The molecule has 2 heterocycles. The van der Waals surface area contributed by atoms with Crippen LogP contribution in [0.15, 0.2) is 0 Å². The van der Waals surface area contributed by atoms with Gasteiger partial charge in [-0.1, -0.05) is 26.7 Å². The molecular weight excluding hydrogens is 228 g/mol. The van der Waals surface area contributed by atoms with Gasteiger partial charge in [-0.15, -0.1) is 0 Å². The topological polar surface area (TPSA) is 50.4 Å². The van der Waals surface area contributed by atoms with Gasteiger partial charge in [0, 0.05) is 19.7 Å². The molecular formula is C14H26N2O2. The second-order valence-corrected chi connectivity index (χ2v) is 5.72. The van der Waals surface area contributed by atoms with Gasteiger partial charge in [-0.3, -0.25) is 4.79 Å². The summed E-state index contributed by atoms with van der Waals surface area (Å²) in [6.45, 7) is 8.28. The molecule has 0 saturated carbocycles. The van der Waals surface area contributed by atoms with E-state index in [-0.39, 0.29) is 11.3 Å². The van der Waals surface area contributed by atoms with Gasteiger partial charge in [-0.2, -0.15) is 0 Å². The number of carbonyl (C=O) groups is 1. The van der Waals surface area contributed by atoms with E-state index < -0.39 is 0 Å². The molecule has 1 amide bonds. The predicted molar refractivity (Wildman–Crippen MR) is 71.3 cm³/mol. The van der Waals surface area contributed by atoms with Crippen molar-refractivity contribution in [2.24, 2.45) is 17.3 Å². The molecule has 0 aromatic carbocycles. The maximum absolute atomic E-state index is 12.5. The second-order valence-electron chi connectivity index (χ2n) is 5.72. The van der Waals surface area contributed by atoms with Gasteiger partial charge in [-0.25, -0.2) is 0 Å². The highest BCUT2D eigenvalue weighted by Gasteiger charge is 2.50. The fourth-order valence-electron chi connectivity index (χ4n) is 3.16. The molecule has 0 spiro atoms. The molecule has 2 N–H and O–H groups in total. The Morgan fingerprint density at radius 1 is 1.50 bits per heavy atom. The van der Waals surface area contributed by atoms with E-state index in [0.29, 0.717) is 18.4 Å². The summed E-state index contributed by atoms with van der Waals surface area (Å²) in [5.41, 5.74) is -0.301. The predicted octanol–water partition coefficient (Wildman–Crippen LogP) is 1.16. The van der Waals surface area contributed by atoms with Crippen molar-refractivity contribution in [3.63, 3.8) is 0 Å². The first kappa shape index (κ1) is 13.8. The lowest BCUT2D eigenvalue weighted by atomic mass is 9.75. The van der Waals surface area contributed by atoms with Crippen molar-refractivity contribution in [2.45, 2.75) is 33.1 Å². The number of rotatable bonds is 5. The molecule has 4 nitrogen and oxygen atoms in total. The third kappa shape index (κ3) is 2.54. The van der Waals surface area contributed by atoms with E-state index in [1.54, 1.807) is 0 Å². The molecule has 0 bridgehead atoms. The lowest BCUT2D eigenvalue weighted by molar-refractivity contribution is -0.141. The highest BCUT2D eigenvalue weighted by atomic mass is 16.5. The zero-order valence-corrected chi connectivity index (χ0v) is 11.6. The van der Waals surface area contributed by atoms with E-state index in [1.807, 2.05) is 0 Å². The molecule has 0 radical (unpaired) electrons. The Morgan fingerprint density at radius 2 is 2.28 bits per heavy atom. The molecule has 18 heavy (non-hydrogen) atoms. The Morgan fingerprint density at radius 3 is 3.00 bits per heavy atom. The number of fused-ring (bicyclic) bond motifs is 1. The molecule has 2 fully saturated rings. The monoisotopic (exact) mass is 254 g/mol. The molecule has 4 heteroatoms. The summed E-state index contributed by atoms with van der Waals surface area (Å²) in [4.78, 5) is 12.5. The zero-order valence-electron chi connectivity index (χ0n) is 11.6. The van der Waals surface area contributed by atoms with Crippen LogP contribution in [0.1, 0.15) is 33.1 Å². The van der Waals surface area contributed by atoms with Crippen molar-refractivity contribution in [1.82, 2.24) is 10.6 Å². The summed E-state index contributed by atoms with van der Waals surface area (Å²) >= 11 is 0. The van der Waals surface area contributed by atoms with E-state index in [4.69, 9.17) is 4.74 Å². The van der Waals surface area contributed by atoms with Crippen molar-refractivity contribution >= 4 is 5.91 Å². The fourth-order valence-corrected chi connectivity index (χ4v) is 3.16. The van der Waals surface area contributed by atoms with Crippen LogP contribution in [0.4, 0.5) is 0 Å². The van der Waals surface area contributed by atoms with Crippen LogP contribution in [0.3, 0.4) is 0 Å². The van der Waals surface area contributed by atoms with Crippen molar-refractivity contribution in [3.8, 4) is 0 Å². The maximum Gasteiger partial charge on any atom is 0.230 e. The zero-order chi connectivity index (χ0) is 13.0. The number of nitrogens with one attached hydrogen (secondary N) is 2. The number of hydrogen-bond acceptors (Lipinski definition) is 3. The van der Waals surface area contributed by atoms with E-state index in [1.165, 1.54) is 0 Å². The standard InChI is InChI=1S/C14H26N2O2/c1-3-11(4-2)7-16-13(17)14-9-15-8-12(14)5-6-18-10-14/h11-12,15H,3-10H2,1-2H3,(H,16,17)/t12-,14+/m1/s1. The average molecular weight is 254 g/mol. The van der Waals surface area contributed by atoms with Gasteiger partial charge in [0.2, 0.25) is 5.91 Å². The lowest BCUT2D eigenvalue weighted by Gasteiger charge is -2.37. The molecule has 2 saturated heterocycles. The molecule has 0 unspecified atom stereocenters. The summed E-state index contributed by atoms with van der Waals surface area (Å²) in [5, 5.41) is 6.52. The smallest absolute Gasteiger partial charge is 0.230 e. The van der Waals surface area contributed by atoms with E-state index >= 15 is 0 Å². The Labute approximate surface area is 110 Å². The number of amides is 1. The molecule has 2 atom stereocenters. The first-order valence-electron chi connectivity index (χ1n) is 7.29. The van der Waals surface area contributed by atoms with Crippen molar-refractivity contribution in [3.05, 3.63) is 0 Å². The van der Waals surface area contributed by atoms with Crippen molar-refractivity contribution in [2.75, 3.05) is 32.8 Å². The van der Waals surface area contributed by atoms with Gasteiger partial charge in [0.05, 0.1) is 12.0 Å². The SMILES string of the molecule is CCC(CC)CNC(=O)[C@]12CNC[C@H]1CCOC2. The van der Waals surface area contributed by atoms with Gasteiger partial charge in [0.1, 0.15) is 0 Å². The van der Waals surface area contributed by atoms with E-state index in [9.17, 15) is 4.79 Å². The third-order valence-corrected chi connectivity index (χ3v) is 4.74. The van der Waals surface area contributed by atoms with Crippen LogP contribution in [-0.2, 0) is 9.53 Å². The normalized spacial score (nSPS) is 31.4. The Hall–Kier alpha value is -0.610. The van der Waals surface area contributed by atoms with Crippen LogP contribution in [0.5, 0.6) is 0 Å². The van der Waals surface area contributed by atoms with Gasteiger partial charge in [0.25, 0.3) is 0 Å². The largest absolute Gasteiger partial charge is 0.380 e. The summed E-state index contributed by atoms with van der Waals surface area (Å²) in [6, 6.07) is 0. The summed E-state index contributed by atoms with van der Waals surface area (Å²) in [5.74, 6) is 1.25. The van der Waals surface area contributed by atoms with Crippen LogP contribution in [0.25, 0.3) is 0 Å². The van der Waals surface area contributed by atoms with Gasteiger partial charge in [-0.05, 0) is 24.8 Å². The number of carbonyl (C=O) groups excluding carboxylic acids is 1. The van der Waals surface area contributed by atoms with Crippen LogP contribution in [0, 0.1) is 17.3 Å². The van der Waals surface area contributed by atoms with Crippen LogP contribution >= 0.6 is 0 Å². The van der Waals surface area contributed by atoms with E-state index in [0.717, 1.165) is 45.5 Å². The second kappa shape index (κ2) is 6.02. The Kier molecular flexibility index (Phi) is 4.62. The Balaban J connectivity index is 1.94. The fraction of sp³-hybridized carbons (Fsp3) is 0.929. The van der Waals surface area contributed by atoms with E-state index in [2.05, 4.69) is 24.5 Å². The minimum atomic E-state index is -0.301. The first-order chi connectivity index (χ1) is 8.73. The third-order valence-electron chi connectivity index (χ3n) is 4.74. The minimum absolute atomic E-state index is 0.198. The van der Waals surface area contributed by atoms with Gasteiger partial charge < -0.3 is 15.4 Å². The molecule has 2 rings (SSSR count). The lowest BCUT2D eigenvalue weighted by Crippen LogP contribution is -2.52. The molecule has 104 valence electrons. The summed E-state index contributed by atoms with van der Waals surface area (Å²) in [6.07, 6.45) is 3.26. The van der Waals surface area contributed by atoms with Crippen molar-refractivity contribution in [1.29, 1.82) is 0 Å². The summed E-state index contributed by atoms with van der Waals surface area (Å²) < 4.78 is 5.57. The molecule has 0 aromatic rings. The first-order valence-corrected chi connectivity index (χ1v) is 7.29. The molecule has 0 aromatic heterocycles. The molecule has 0 aliphatic carbocycles. The van der Waals surface area contributed by atoms with Gasteiger partial charge in [0.15, 0.2) is 0 Å². The Bertz CT molecular complexity index is 292. The van der Waals surface area contributed by atoms with Crippen LogP contribution < -0.4 is 10.6 Å². The van der Waals surface area contributed by atoms with Crippen LogP contribution in [-0.4, -0.2) is 38.8 Å². The number of hydrogen-bond donors (Lipinski definition) is 2. The highest BCUT2D eigenvalue weighted by Crippen LogP contribution is 2.37. The average Bonchev–Trinajstić information content (AvgIpc) is 2.84. The quantitative estimate of drug-likeness (QED) is 0.774. The minimum Gasteiger partial charge on any atom is -0.380 e. The highest BCUT2D eigenvalue weighted by molar-refractivity contribution is 5.84. The van der Waals surface area contributed by atoms with Gasteiger partial charge >= 0.3 is 0 Å². The van der Waals surface area contributed by atoms with Crippen molar-refractivity contribution < 1.29 is 9.53 Å². The maximum atomic E-state index is 12.5.